The van der Waals surface area contributed by atoms with Gasteiger partial charge in [0.15, 0.2) is 0 Å². The van der Waals surface area contributed by atoms with Crippen molar-refractivity contribution >= 4 is 17.5 Å². The maximum absolute atomic E-state index is 13.3. The number of anilines is 1. The molecule has 1 saturated carbocycles. The van der Waals surface area contributed by atoms with Crippen molar-refractivity contribution in [3.63, 3.8) is 0 Å². The summed E-state index contributed by atoms with van der Waals surface area (Å²) in [5.41, 5.74) is 0.677. The van der Waals surface area contributed by atoms with Gasteiger partial charge in [-0.3, -0.25) is 4.57 Å². The van der Waals surface area contributed by atoms with E-state index in [1.54, 1.807) is 23.0 Å². The second-order valence-corrected chi connectivity index (χ2v) is 4.60. The van der Waals surface area contributed by atoms with Gasteiger partial charge in [0.1, 0.15) is 5.82 Å². The first-order chi connectivity index (χ1) is 8.22. The van der Waals surface area contributed by atoms with Gasteiger partial charge in [-0.15, -0.1) is 0 Å². The minimum Gasteiger partial charge on any atom is -0.353 e. The SMILES string of the molecule is Fc1cc(Cl)cc(-n2ccnc2NC2CC2)c1. The molecule has 1 aliphatic carbocycles. The van der Waals surface area contributed by atoms with Crippen LogP contribution in [-0.2, 0) is 0 Å². The highest BCUT2D eigenvalue weighted by atomic mass is 35.5. The number of nitrogens with zero attached hydrogens (tertiary/aromatic N) is 2. The Kier molecular flexibility index (Phi) is 2.52. The zero-order valence-corrected chi connectivity index (χ0v) is 9.78. The number of hydrogen-bond acceptors (Lipinski definition) is 2. The smallest absolute Gasteiger partial charge is 0.207 e. The first-order valence-corrected chi connectivity index (χ1v) is 5.86. The Hall–Kier alpha value is -1.55. The van der Waals surface area contributed by atoms with Crippen LogP contribution in [-0.4, -0.2) is 15.6 Å². The summed E-state index contributed by atoms with van der Waals surface area (Å²) in [6, 6.07) is 4.94. The lowest BCUT2D eigenvalue weighted by atomic mass is 10.3. The number of hydrogen-bond donors (Lipinski definition) is 1. The number of benzene rings is 1. The Morgan fingerprint density at radius 2 is 2.18 bits per heavy atom. The summed E-state index contributed by atoms with van der Waals surface area (Å²) in [6.45, 7) is 0. The quantitative estimate of drug-likeness (QED) is 0.908. The van der Waals surface area contributed by atoms with Crippen molar-refractivity contribution in [2.75, 3.05) is 5.32 Å². The number of halogens is 2. The monoisotopic (exact) mass is 251 g/mol. The van der Waals surface area contributed by atoms with Gasteiger partial charge in [0.25, 0.3) is 0 Å². The number of rotatable bonds is 3. The second kappa shape index (κ2) is 4.04. The summed E-state index contributed by atoms with van der Waals surface area (Å²) in [7, 11) is 0. The van der Waals surface area contributed by atoms with E-state index in [1.165, 1.54) is 12.1 Å². The molecule has 1 aromatic carbocycles. The maximum atomic E-state index is 13.3. The highest BCUT2D eigenvalue weighted by Crippen LogP contribution is 2.26. The minimum atomic E-state index is -0.349. The fourth-order valence-electron chi connectivity index (χ4n) is 1.71. The fraction of sp³-hybridized carbons (Fsp3) is 0.250. The summed E-state index contributed by atoms with van der Waals surface area (Å²) < 4.78 is 15.1. The van der Waals surface area contributed by atoms with Crippen LogP contribution >= 0.6 is 11.6 Å². The van der Waals surface area contributed by atoms with Crippen molar-refractivity contribution in [1.29, 1.82) is 0 Å². The highest BCUT2D eigenvalue weighted by Gasteiger charge is 2.22. The van der Waals surface area contributed by atoms with Crippen molar-refractivity contribution in [1.82, 2.24) is 9.55 Å². The lowest BCUT2D eigenvalue weighted by molar-refractivity contribution is 0.626. The first-order valence-electron chi connectivity index (χ1n) is 5.49. The summed E-state index contributed by atoms with van der Waals surface area (Å²) in [6.07, 6.45) is 5.80. The van der Waals surface area contributed by atoms with Crippen LogP contribution in [0.25, 0.3) is 5.69 Å². The Bertz CT molecular complexity index is 528. The van der Waals surface area contributed by atoms with E-state index in [0.717, 1.165) is 18.8 Å². The van der Waals surface area contributed by atoms with E-state index in [0.29, 0.717) is 16.8 Å². The zero-order valence-electron chi connectivity index (χ0n) is 9.03. The normalized spacial score (nSPS) is 14.9. The van der Waals surface area contributed by atoms with Gasteiger partial charge < -0.3 is 5.32 Å². The molecule has 3 nitrogen and oxygen atoms in total. The molecule has 2 aromatic rings. The van der Waals surface area contributed by atoms with Gasteiger partial charge in [-0.05, 0) is 31.0 Å². The Balaban J connectivity index is 1.98. The average molecular weight is 252 g/mol. The zero-order chi connectivity index (χ0) is 11.8. The summed E-state index contributed by atoms with van der Waals surface area (Å²) in [5, 5.41) is 3.67. The first kappa shape index (κ1) is 10.6. The molecule has 0 unspecified atom stereocenters. The Morgan fingerprint density at radius 3 is 2.88 bits per heavy atom. The van der Waals surface area contributed by atoms with Crippen LogP contribution in [0.5, 0.6) is 0 Å². The minimum absolute atomic E-state index is 0.349. The third-order valence-electron chi connectivity index (χ3n) is 2.68. The number of imidazole rings is 1. The summed E-state index contributed by atoms with van der Waals surface area (Å²) in [4.78, 5) is 4.22. The topological polar surface area (TPSA) is 29.9 Å². The van der Waals surface area contributed by atoms with Crippen molar-refractivity contribution in [2.45, 2.75) is 18.9 Å². The van der Waals surface area contributed by atoms with Crippen molar-refractivity contribution in [3.05, 3.63) is 41.4 Å². The molecule has 88 valence electrons. The van der Waals surface area contributed by atoms with Crippen LogP contribution in [0.2, 0.25) is 5.02 Å². The Labute approximate surface area is 103 Å². The molecule has 0 saturated heterocycles. The number of aromatic nitrogens is 2. The molecule has 1 N–H and O–H groups in total. The van der Waals surface area contributed by atoms with Crippen LogP contribution < -0.4 is 5.32 Å². The van der Waals surface area contributed by atoms with Crippen LogP contribution in [0, 0.1) is 5.82 Å². The molecule has 0 atom stereocenters. The molecular weight excluding hydrogens is 241 g/mol. The molecular formula is C12H11ClFN3. The molecule has 5 heteroatoms. The third kappa shape index (κ3) is 2.26. The van der Waals surface area contributed by atoms with E-state index >= 15 is 0 Å². The fourth-order valence-corrected chi connectivity index (χ4v) is 1.92. The van der Waals surface area contributed by atoms with Gasteiger partial charge in [0.05, 0.1) is 5.69 Å². The lowest BCUT2D eigenvalue weighted by Crippen LogP contribution is -2.07. The van der Waals surface area contributed by atoms with Crippen molar-refractivity contribution in [3.8, 4) is 5.69 Å². The van der Waals surface area contributed by atoms with E-state index < -0.39 is 0 Å². The van der Waals surface area contributed by atoms with Crippen LogP contribution in [0.3, 0.4) is 0 Å². The largest absolute Gasteiger partial charge is 0.353 e. The van der Waals surface area contributed by atoms with Crippen LogP contribution in [0.1, 0.15) is 12.8 Å². The Morgan fingerprint density at radius 1 is 1.35 bits per heavy atom. The molecule has 0 amide bonds. The van der Waals surface area contributed by atoms with Gasteiger partial charge in [0.2, 0.25) is 5.95 Å². The van der Waals surface area contributed by atoms with E-state index in [1.807, 2.05) is 0 Å². The molecule has 0 aliphatic heterocycles. The van der Waals surface area contributed by atoms with Gasteiger partial charge in [-0.25, -0.2) is 9.37 Å². The van der Waals surface area contributed by atoms with Gasteiger partial charge in [-0.2, -0.15) is 0 Å². The van der Waals surface area contributed by atoms with Crippen molar-refractivity contribution < 1.29 is 4.39 Å². The maximum Gasteiger partial charge on any atom is 0.207 e. The van der Waals surface area contributed by atoms with Crippen molar-refractivity contribution in [2.24, 2.45) is 0 Å². The lowest BCUT2D eigenvalue weighted by Gasteiger charge is -2.09. The molecule has 1 aromatic heterocycles. The molecule has 0 bridgehead atoms. The molecule has 1 fully saturated rings. The molecule has 0 spiro atoms. The van der Waals surface area contributed by atoms with E-state index in [2.05, 4.69) is 10.3 Å². The standard InChI is InChI=1S/C12H11ClFN3/c13-8-5-9(14)7-11(6-8)17-4-3-15-12(17)16-10-1-2-10/h3-7,10H,1-2H2,(H,15,16). The molecule has 0 radical (unpaired) electrons. The van der Waals surface area contributed by atoms with Crippen LogP contribution in [0.4, 0.5) is 10.3 Å². The summed E-state index contributed by atoms with van der Waals surface area (Å²) in [5.74, 6) is 0.382. The van der Waals surface area contributed by atoms with E-state index in [4.69, 9.17) is 11.6 Å². The van der Waals surface area contributed by atoms with E-state index in [-0.39, 0.29) is 5.82 Å². The molecule has 1 aliphatic rings. The van der Waals surface area contributed by atoms with Crippen LogP contribution in [0.15, 0.2) is 30.6 Å². The number of nitrogens with one attached hydrogen (secondary N) is 1. The molecule has 17 heavy (non-hydrogen) atoms. The predicted molar refractivity (Wildman–Crippen MR) is 65.2 cm³/mol. The third-order valence-corrected chi connectivity index (χ3v) is 2.90. The van der Waals surface area contributed by atoms with Gasteiger partial charge >= 0.3 is 0 Å². The molecule has 1 heterocycles. The predicted octanol–water partition coefficient (Wildman–Crippen LogP) is 3.24. The second-order valence-electron chi connectivity index (χ2n) is 4.17. The van der Waals surface area contributed by atoms with Gasteiger partial charge in [0, 0.05) is 23.5 Å². The van der Waals surface area contributed by atoms with Gasteiger partial charge in [-0.1, -0.05) is 11.6 Å². The highest BCUT2D eigenvalue weighted by molar-refractivity contribution is 6.30. The van der Waals surface area contributed by atoms with E-state index in [9.17, 15) is 4.39 Å². The summed E-state index contributed by atoms with van der Waals surface area (Å²) >= 11 is 5.84. The average Bonchev–Trinajstić information content (AvgIpc) is 2.93. The molecule has 3 rings (SSSR count).